The summed E-state index contributed by atoms with van der Waals surface area (Å²) in [6, 6.07) is 13.0. The minimum atomic E-state index is -3.44. The molecule has 1 N–H and O–H groups in total. The minimum absolute atomic E-state index is 0.273. The summed E-state index contributed by atoms with van der Waals surface area (Å²) in [6.07, 6.45) is 5.19. The van der Waals surface area contributed by atoms with Gasteiger partial charge in [-0.15, -0.1) is 0 Å². The lowest BCUT2D eigenvalue weighted by Gasteiger charge is -2.30. The number of aromatic nitrogens is 2. The van der Waals surface area contributed by atoms with Gasteiger partial charge in [-0.3, -0.25) is 5.10 Å². The Kier molecular flexibility index (Phi) is 5.37. The number of piperidine rings is 1. The van der Waals surface area contributed by atoms with E-state index in [4.69, 9.17) is 4.42 Å². The van der Waals surface area contributed by atoms with E-state index in [1.165, 1.54) is 5.56 Å². The number of benzene rings is 1. The summed E-state index contributed by atoms with van der Waals surface area (Å²) < 4.78 is 32.9. The third kappa shape index (κ3) is 3.77. The molecule has 148 valence electrons. The van der Waals surface area contributed by atoms with Crippen molar-refractivity contribution in [2.75, 3.05) is 13.1 Å². The van der Waals surface area contributed by atoms with Crippen molar-refractivity contribution < 1.29 is 12.8 Å². The molecular formula is C21H25N3O3S. The zero-order chi connectivity index (χ0) is 19.6. The van der Waals surface area contributed by atoms with Gasteiger partial charge in [0, 0.05) is 24.7 Å². The van der Waals surface area contributed by atoms with Crippen LogP contribution in [0.5, 0.6) is 0 Å². The normalized spacial score (nSPS) is 16.5. The van der Waals surface area contributed by atoms with Gasteiger partial charge in [0.05, 0.1) is 11.2 Å². The number of hydrogen-bond acceptors (Lipinski definition) is 4. The fourth-order valence-electron chi connectivity index (χ4n) is 3.77. The number of rotatable bonds is 6. The van der Waals surface area contributed by atoms with Crippen LogP contribution in [0.25, 0.3) is 11.5 Å². The molecule has 0 radical (unpaired) electrons. The monoisotopic (exact) mass is 399 g/mol. The Balaban J connectivity index is 1.42. The average Bonchev–Trinajstić information content (AvgIpc) is 3.41. The number of hydrogen-bond donors (Lipinski definition) is 1. The molecule has 7 heteroatoms. The third-order valence-electron chi connectivity index (χ3n) is 5.36. The molecule has 2 aromatic heterocycles. The highest BCUT2D eigenvalue weighted by molar-refractivity contribution is 7.89. The molecule has 1 fully saturated rings. The number of furan rings is 1. The molecule has 0 bridgehead atoms. The summed E-state index contributed by atoms with van der Waals surface area (Å²) >= 11 is 0. The molecule has 0 spiro atoms. The van der Waals surface area contributed by atoms with Crippen LogP contribution < -0.4 is 0 Å². The van der Waals surface area contributed by atoms with E-state index in [0.29, 0.717) is 18.0 Å². The second-order valence-electron chi connectivity index (χ2n) is 7.26. The van der Waals surface area contributed by atoms with Crippen LogP contribution in [-0.2, 0) is 16.4 Å². The van der Waals surface area contributed by atoms with E-state index in [0.717, 1.165) is 42.8 Å². The Morgan fingerprint density at radius 2 is 1.93 bits per heavy atom. The van der Waals surface area contributed by atoms with Crippen molar-refractivity contribution in [3.63, 3.8) is 0 Å². The Hall–Kier alpha value is -2.38. The first-order valence-electron chi connectivity index (χ1n) is 9.76. The molecule has 1 aliphatic heterocycles. The maximum absolute atomic E-state index is 13.0. The Labute approximate surface area is 165 Å². The van der Waals surface area contributed by atoms with Crippen LogP contribution in [0.15, 0.2) is 58.0 Å². The number of nitrogens with zero attached hydrogens (tertiary/aromatic N) is 2. The van der Waals surface area contributed by atoms with Gasteiger partial charge in [-0.05, 0) is 55.2 Å². The number of nitrogens with one attached hydrogen (secondary N) is 1. The maximum Gasteiger partial charge on any atom is 0.243 e. The highest BCUT2D eigenvalue weighted by atomic mass is 32.2. The Morgan fingerprint density at radius 1 is 1.18 bits per heavy atom. The Morgan fingerprint density at radius 3 is 2.57 bits per heavy atom. The van der Waals surface area contributed by atoms with Gasteiger partial charge >= 0.3 is 0 Å². The van der Waals surface area contributed by atoms with Crippen molar-refractivity contribution in [3.05, 3.63) is 60.0 Å². The van der Waals surface area contributed by atoms with Crippen LogP contribution in [-0.4, -0.2) is 36.0 Å². The van der Waals surface area contributed by atoms with Gasteiger partial charge in [0.2, 0.25) is 10.0 Å². The van der Waals surface area contributed by atoms with E-state index < -0.39 is 10.0 Å². The summed E-state index contributed by atoms with van der Waals surface area (Å²) in [5.74, 6) is 1.00. The molecule has 3 heterocycles. The lowest BCUT2D eigenvalue weighted by molar-refractivity contribution is 0.316. The number of aromatic amines is 1. The largest absolute Gasteiger partial charge is 0.463 e. The highest BCUT2D eigenvalue weighted by Gasteiger charge is 2.30. The number of aryl methyl sites for hydroxylation is 1. The van der Waals surface area contributed by atoms with Crippen molar-refractivity contribution in [1.29, 1.82) is 0 Å². The lowest BCUT2D eigenvalue weighted by atomic mass is 9.94. The second kappa shape index (κ2) is 7.93. The van der Waals surface area contributed by atoms with E-state index in [2.05, 4.69) is 17.1 Å². The summed E-state index contributed by atoms with van der Waals surface area (Å²) in [6.45, 7) is 3.14. The van der Waals surface area contributed by atoms with Gasteiger partial charge in [-0.1, -0.05) is 25.5 Å². The first-order valence-corrected chi connectivity index (χ1v) is 11.2. The summed E-state index contributed by atoms with van der Waals surface area (Å²) in [7, 11) is -3.44. The summed E-state index contributed by atoms with van der Waals surface area (Å²) in [4.78, 5) is 0.382. The number of H-pyrrole nitrogens is 1. The van der Waals surface area contributed by atoms with Crippen LogP contribution in [0.2, 0.25) is 0 Å². The zero-order valence-corrected chi connectivity index (χ0v) is 16.8. The van der Waals surface area contributed by atoms with Gasteiger partial charge in [-0.25, -0.2) is 8.42 Å². The predicted molar refractivity (Wildman–Crippen MR) is 107 cm³/mol. The third-order valence-corrected chi connectivity index (χ3v) is 7.28. The molecule has 28 heavy (non-hydrogen) atoms. The first-order chi connectivity index (χ1) is 13.6. The van der Waals surface area contributed by atoms with E-state index in [-0.39, 0.29) is 5.92 Å². The van der Waals surface area contributed by atoms with Crippen LogP contribution in [0.3, 0.4) is 0 Å². The summed E-state index contributed by atoms with van der Waals surface area (Å²) in [5.41, 5.74) is 2.99. The van der Waals surface area contributed by atoms with Crippen molar-refractivity contribution >= 4 is 10.0 Å². The van der Waals surface area contributed by atoms with Gasteiger partial charge in [0.25, 0.3) is 0 Å². The van der Waals surface area contributed by atoms with E-state index >= 15 is 0 Å². The van der Waals surface area contributed by atoms with Crippen LogP contribution >= 0.6 is 0 Å². The molecule has 3 aromatic rings. The molecule has 0 aliphatic carbocycles. The second-order valence-corrected chi connectivity index (χ2v) is 9.20. The van der Waals surface area contributed by atoms with Gasteiger partial charge in [-0.2, -0.15) is 9.40 Å². The highest BCUT2D eigenvalue weighted by Crippen LogP contribution is 2.31. The van der Waals surface area contributed by atoms with Crippen molar-refractivity contribution in [2.45, 2.75) is 43.4 Å². The van der Waals surface area contributed by atoms with Crippen molar-refractivity contribution in [2.24, 2.45) is 0 Å². The molecule has 6 nitrogen and oxygen atoms in total. The van der Waals surface area contributed by atoms with Gasteiger partial charge in [0.1, 0.15) is 5.69 Å². The molecule has 4 rings (SSSR count). The number of sulfonamides is 1. The maximum atomic E-state index is 13.0. The molecule has 1 saturated heterocycles. The fourth-order valence-corrected chi connectivity index (χ4v) is 5.24. The standard InChI is InChI=1S/C21H25N3O3S/c1-2-4-16-6-8-18(9-7-16)28(25,26)24-12-10-17(11-13-24)19-15-20(23-22-19)21-5-3-14-27-21/h3,5-9,14-15,17H,2,4,10-13H2,1H3,(H,22,23). The van der Waals surface area contributed by atoms with E-state index in [1.807, 2.05) is 30.3 Å². The smallest absolute Gasteiger partial charge is 0.243 e. The predicted octanol–water partition coefficient (Wildman–Crippen LogP) is 4.19. The minimum Gasteiger partial charge on any atom is -0.463 e. The fraction of sp³-hybridized carbons (Fsp3) is 0.381. The molecule has 0 unspecified atom stereocenters. The molecule has 0 amide bonds. The average molecular weight is 400 g/mol. The zero-order valence-electron chi connectivity index (χ0n) is 16.0. The first kappa shape index (κ1) is 19.0. The molecule has 0 saturated carbocycles. The van der Waals surface area contributed by atoms with Crippen LogP contribution in [0.1, 0.15) is 43.4 Å². The summed E-state index contributed by atoms with van der Waals surface area (Å²) in [5, 5.41) is 7.41. The van der Waals surface area contributed by atoms with E-state index in [1.54, 1.807) is 22.7 Å². The van der Waals surface area contributed by atoms with Gasteiger partial charge < -0.3 is 4.42 Å². The van der Waals surface area contributed by atoms with Crippen LogP contribution in [0, 0.1) is 0 Å². The van der Waals surface area contributed by atoms with E-state index in [9.17, 15) is 8.42 Å². The van der Waals surface area contributed by atoms with Crippen LogP contribution in [0.4, 0.5) is 0 Å². The lowest BCUT2D eigenvalue weighted by Crippen LogP contribution is -2.37. The van der Waals surface area contributed by atoms with Gasteiger partial charge in [0.15, 0.2) is 5.76 Å². The molecule has 1 aromatic carbocycles. The molecule has 1 aliphatic rings. The topological polar surface area (TPSA) is 79.2 Å². The molecular weight excluding hydrogens is 374 g/mol. The van der Waals surface area contributed by atoms with Crippen molar-refractivity contribution in [1.82, 2.24) is 14.5 Å². The quantitative estimate of drug-likeness (QED) is 0.674. The Bertz CT molecular complexity index is 1000. The molecule has 0 atom stereocenters. The SMILES string of the molecule is CCCc1ccc(S(=O)(=O)N2CCC(c3cc(-c4ccco4)n[nH]3)CC2)cc1. The van der Waals surface area contributed by atoms with Crippen molar-refractivity contribution in [3.8, 4) is 11.5 Å².